The summed E-state index contributed by atoms with van der Waals surface area (Å²) in [5.74, 6) is 1.48. The van der Waals surface area contributed by atoms with E-state index in [1.165, 1.54) is 5.56 Å². The standard InChI is InChI=1S/C22H24N6O/c1-29-14-8-13-23-20-15-19(24-16-17-9-4-2-5-10-17)22-26-25-21(28(22)27-20)18-11-6-3-7-12-18/h2-7,9-12,15,24H,8,13-14,16H2,1H3,(H,23,27). The zero-order chi connectivity index (χ0) is 19.9. The minimum atomic E-state index is 0.692. The smallest absolute Gasteiger partial charge is 0.201 e. The third kappa shape index (κ3) is 4.52. The minimum Gasteiger partial charge on any atom is -0.385 e. The van der Waals surface area contributed by atoms with E-state index in [0.29, 0.717) is 24.6 Å². The molecule has 0 fully saturated rings. The Labute approximate surface area is 169 Å². The predicted octanol–water partition coefficient (Wildman–Crippen LogP) is 3.85. The maximum Gasteiger partial charge on any atom is 0.201 e. The summed E-state index contributed by atoms with van der Waals surface area (Å²) >= 11 is 0. The van der Waals surface area contributed by atoms with Crippen molar-refractivity contribution < 1.29 is 4.74 Å². The largest absolute Gasteiger partial charge is 0.385 e. The molecule has 0 aliphatic rings. The molecule has 0 amide bonds. The first-order valence-corrected chi connectivity index (χ1v) is 9.67. The fourth-order valence-corrected chi connectivity index (χ4v) is 3.09. The molecule has 0 atom stereocenters. The van der Waals surface area contributed by atoms with Crippen molar-refractivity contribution >= 4 is 17.2 Å². The second-order valence-electron chi connectivity index (χ2n) is 6.68. The number of nitrogens with one attached hydrogen (secondary N) is 2. The van der Waals surface area contributed by atoms with Crippen molar-refractivity contribution in [1.82, 2.24) is 19.8 Å². The summed E-state index contributed by atoms with van der Waals surface area (Å²) in [5, 5.41) is 20.4. The Kier molecular flexibility index (Phi) is 5.97. The number of rotatable bonds is 9. The van der Waals surface area contributed by atoms with Gasteiger partial charge in [-0.2, -0.15) is 4.52 Å². The van der Waals surface area contributed by atoms with Gasteiger partial charge in [-0.1, -0.05) is 60.7 Å². The van der Waals surface area contributed by atoms with Crippen LogP contribution in [0.5, 0.6) is 0 Å². The normalized spacial score (nSPS) is 10.9. The molecule has 4 aromatic rings. The third-order valence-electron chi connectivity index (χ3n) is 4.56. The van der Waals surface area contributed by atoms with Gasteiger partial charge in [0.15, 0.2) is 5.82 Å². The molecule has 7 heteroatoms. The monoisotopic (exact) mass is 388 g/mol. The quantitative estimate of drug-likeness (QED) is 0.424. The van der Waals surface area contributed by atoms with Crippen LogP contribution in [0, 0.1) is 0 Å². The van der Waals surface area contributed by atoms with Crippen molar-refractivity contribution in [2.24, 2.45) is 0 Å². The molecule has 29 heavy (non-hydrogen) atoms. The summed E-state index contributed by atoms with van der Waals surface area (Å²) in [4.78, 5) is 0. The molecule has 2 heterocycles. The average molecular weight is 388 g/mol. The first-order chi connectivity index (χ1) is 14.3. The van der Waals surface area contributed by atoms with Gasteiger partial charge in [0.25, 0.3) is 0 Å². The Morgan fingerprint density at radius 1 is 0.931 bits per heavy atom. The van der Waals surface area contributed by atoms with Crippen LogP contribution in [0.2, 0.25) is 0 Å². The molecule has 7 nitrogen and oxygen atoms in total. The van der Waals surface area contributed by atoms with Crippen molar-refractivity contribution in [3.8, 4) is 11.4 Å². The second kappa shape index (κ2) is 9.16. The van der Waals surface area contributed by atoms with Crippen LogP contribution in [0.3, 0.4) is 0 Å². The number of hydrogen-bond acceptors (Lipinski definition) is 6. The SMILES string of the molecule is COCCCNc1cc(NCc2ccccc2)c2nnc(-c3ccccc3)n2n1. The second-order valence-corrected chi connectivity index (χ2v) is 6.68. The molecule has 2 N–H and O–H groups in total. The van der Waals surface area contributed by atoms with Crippen molar-refractivity contribution in [1.29, 1.82) is 0 Å². The summed E-state index contributed by atoms with van der Waals surface area (Å²) in [6.07, 6.45) is 0.900. The number of hydrogen-bond donors (Lipinski definition) is 2. The van der Waals surface area contributed by atoms with Crippen LogP contribution >= 0.6 is 0 Å². The van der Waals surface area contributed by atoms with Crippen molar-refractivity contribution in [3.05, 3.63) is 72.3 Å². The van der Waals surface area contributed by atoms with Gasteiger partial charge in [-0.15, -0.1) is 15.3 Å². The first kappa shape index (κ1) is 18.9. The lowest BCUT2D eigenvalue weighted by Crippen LogP contribution is -2.10. The summed E-state index contributed by atoms with van der Waals surface area (Å²) in [6, 6.07) is 22.2. The molecule has 2 aromatic heterocycles. The van der Waals surface area contributed by atoms with Crippen LogP contribution in [0.1, 0.15) is 12.0 Å². The molecule has 2 aromatic carbocycles. The van der Waals surface area contributed by atoms with Gasteiger partial charge in [0.1, 0.15) is 5.82 Å². The number of anilines is 2. The molecule has 0 saturated carbocycles. The number of benzene rings is 2. The number of aromatic nitrogens is 4. The number of fused-ring (bicyclic) bond motifs is 1. The van der Waals surface area contributed by atoms with E-state index in [2.05, 4.69) is 33.0 Å². The van der Waals surface area contributed by atoms with E-state index in [4.69, 9.17) is 9.84 Å². The molecular formula is C22H24N6O. The number of ether oxygens (including phenoxy) is 1. The zero-order valence-electron chi connectivity index (χ0n) is 16.4. The van der Waals surface area contributed by atoms with Gasteiger partial charge < -0.3 is 15.4 Å². The molecule has 0 saturated heterocycles. The lowest BCUT2D eigenvalue weighted by molar-refractivity contribution is 0.197. The van der Waals surface area contributed by atoms with E-state index in [9.17, 15) is 0 Å². The molecular weight excluding hydrogens is 364 g/mol. The summed E-state index contributed by atoms with van der Waals surface area (Å²) < 4.78 is 6.92. The Bertz CT molecular complexity index is 1050. The van der Waals surface area contributed by atoms with E-state index in [1.54, 1.807) is 11.6 Å². The van der Waals surface area contributed by atoms with E-state index >= 15 is 0 Å². The van der Waals surface area contributed by atoms with Gasteiger partial charge in [-0.3, -0.25) is 0 Å². The highest BCUT2D eigenvalue weighted by Crippen LogP contribution is 2.24. The molecule has 0 unspecified atom stereocenters. The molecule has 148 valence electrons. The van der Waals surface area contributed by atoms with Gasteiger partial charge >= 0.3 is 0 Å². The first-order valence-electron chi connectivity index (χ1n) is 9.67. The lowest BCUT2D eigenvalue weighted by atomic mass is 10.2. The molecule has 4 rings (SSSR count). The highest BCUT2D eigenvalue weighted by molar-refractivity contribution is 5.73. The summed E-state index contributed by atoms with van der Waals surface area (Å²) in [5.41, 5.74) is 3.74. The lowest BCUT2D eigenvalue weighted by Gasteiger charge is -2.11. The van der Waals surface area contributed by atoms with Crippen LogP contribution in [0.4, 0.5) is 11.5 Å². The van der Waals surface area contributed by atoms with Gasteiger partial charge in [0.2, 0.25) is 5.65 Å². The Hall–Kier alpha value is -3.45. The number of methoxy groups -OCH3 is 1. The van der Waals surface area contributed by atoms with E-state index in [0.717, 1.165) is 30.0 Å². The molecule has 0 spiro atoms. The molecule has 0 radical (unpaired) electrons. The van der Waals surface area contributed by atoms with Crippen LogP contribution in [0.25, 0.3) is 17.0 Å². The van der Waals surface area contributed by atoms with E-state index in [-0.39, 0.29) is 0 Å². The number of nitrogens with zero attached hydrogens (tertiary/aromatic N) is 4. The van der Waals surface area contributed by atoms with Crippen molar-refractivity contribution in [2.45, 2.75) is 13.0 Å². The van der Waals surface area contributed by atoms with Gasteiger partial charge in [-0.25, -0.2) is 0 Å². The fourth-order valence-electron chi connectivity index (χ4n) is 3.09. The topological polar surface area (TPSA) is 76.4 Å². The Morgan fingerprint density at radius 2 is 1.69 bits per heavy atom. The summed E-state index contributed by atoms with van der Waals surface area (Å²) in [6.45, 7) is 2.17. The maximum absolute atomic E-state index is 5.13. The fraction of sp³-hybridized carbons (Fsp3) is 0.227. The van der Waals surface area contributed by atoms with Crippen LogP contribution < -0.4 is 10.6 Å². The van der Waals surface area contributed by atoms with E-state index in [1.807, 2.05) is 54.6 Å². The average Bonchev–Trinajstić information content (AvgIpc) is 3.20. The Morgan fingerprint density at radius 3 is 2.45 bits per heavy atom. The predicted molar refractivity (Wildman–Crippen MR) is 115 cm³/mol. The van der Waals surface area contributed by atoms with Gasteiger partial charge in [-0.05, 0) is 12.0 Å². The van der Waals surface area contributed by atoms with Gasteiger partial charge in [0.05, 0.1) is 5.69 Å². The Balaban J connectivity index is 1.67. The molecule has 0 bridgehead atoms. The van der Waals surface area contributed by atoms with Crippen LogP contribution in [0.15, 0.2) is 66.7 Å². The van der Waals surface area contributed by atoms with Crippen LogP contribution in [-0.4, -0.2) is 40.1 Å². The van der Waals surface area contributed by atoms with E-state index < -0.39 is 0 Å². The molecule has 0 aliphatic carbocycles. The summed E-state index contributed by atoms with van der Waals surface area (Å²) in [7, 11) is 1.71. The molecule has 0 aliphatic heterocycles. The maximum atomic E-state index is 5.13. The highest BCUT2D eigenvalue weighted by atomic mass is 16.5. The minimum absolute atomic E-state index is 0.692. The van der Waals surface area contributed by atoms with Crippen LogP contribution in [-0.2, 0) is 11.3 Å². The third-order valence-corrected chi connectivity index (χ3v) is 4.56. The van der Waals surface area contributed by atoms with Crippen molar-refractivity contribution in [3.63, 3.8) is 0 Å². The van der Waals surface area contributed by atoms with Gasteiger partial charge in [0, 0.05) is 38.4 Å². The zero-order valence-corrected chi connectivity index (χ0v) is 16.4. The van der Waals surface area contributed by atoms with Crippen molar-refractivity contribution in [2.75, 3.05) is 30.9 Å². The highest BCUT2D eigenvalue weighted by Gasteiger charge is 2.14.